The van der Waals surface area contributed by atoms with Crippen molar-refractivity contribution in [2.75, 3.05) is 0 Å². The van der Waals surface area contributed by atoms with Crippen molar-refractivity contribution in [3.05, 3.63) is 35.4 Å². The monoisotopic (exact) mass is 204 g/mol. The van der Waals surface area contributed by atoms with E-state index in [2.05, 4.69) is 0 Å². The number of carbonyl (C=O) groups excluding carboxylic acids is 2. The molecule has 1 atom stereocenters. The van der Waals surface area contributed by atoms with Gasteiger partial charge >= 0.3 is 0 Å². The lowest BCUT2D eigenvalue weighted by molar-refractivity contribution is -0.132. The van der Waals surface area contributed by atoms with Crippen molar-refractivity contribution in [2.45, 2.75) is 25.4 Å². The number of aliphatic hydroxyl groups is 1. The van der Waals surface area contributed by atoms with Gasteiger partial charge in [-0.1, -0.05) is 31.2 Å². The maximum atomic E-state index is 11.8. The van der Waals surface area contributed by atoms with Gasteiger partial charge in [-0.25, -0.2) is 0 Å². The third-order valence-electron chi connectivity index (χ3n) is 2.87. The Kier molecular flexibility index (Phi) is 2.20. The third kappa shape index (κ3) is 1.31. The molecule has 1 aliphatic rings. The van der Waals surface area contributed by atoms with Crippen LogP contribution in [0.15, 0.2) is 24.3 Å². The Morgan fingerprint density at radius 1 is 1.47 bits per heavy atom. The van der Waals surface area contributed by atoms with Gasteiger partial charge in [0.1, 0.15) is 0 Å². The lowest BCUT2D eigenvalue weighted by atomic mass is 9.92. The molecule has 15 heavy (non-hydrogen) atoms. The first-order valence-corrected chi connectivity index (χ1v) is 4.98. The van der Waals surface area contributed by atoms with E-state index < -0.39 is 17.2 Å². The predicted octanol–water partition coefficient (Wildman–Crippen LogP) is 1.14. The maximum Gasteiger partial charge on any atom is 0.202 e. The Labute approximate surface area is 87.7 Å². The highest BCUT2D eigenvalue weighted by Crippen LogP contribution is 2.31. The molecule has 1 aromatic carbocycles. The fourth-order valence-electron chi connectivity index (χ4n) is 1.99. The summed E-state index contributed by atoms with van der Waals surface area (Å²) in [7, 11) is 0. The molecule has 0 saturated heterocycles. The van der Waals surface area contributed by atoms with Crippen molar-refractivity contribution in [3.63, 3.8) is 0 Å². The standard InChI is InChI=1S/C12H12O3/c1-2-10(13)12(15)7-8-5-3-4-6-9(8)11(12)14/h3-6,15H,2,7H2,1H3/t12-/m1/s1. The predicted molar refractivity (Wildman–Crippen MR) is 54.7 cm³/mol. The van der Waals surface area contributed by atoms with Crippen LogP contribution in [-0.4, -0.2) is 22.3 Å². The molecule has 1 aliphatic carbocycles. The average molecular weight is 204 g/mol. The first-order chi connectivity index (χ1) is 7.09. The molecule has 0 amide bonds. The van der Waals surface area contributed by atoms with Gasteiger partial charge in [-0.2, -0.15) is 0 Å². The van der Waals surface area contributed by atoms with Gasteiger partial charge in [-0.15, -0.1) is 0 Å². The van der Waals surface area contributed by atoms with Crippen molar-refractivity contribution >= 4 is 11.6 Å². The highest BCUT2D eigenvalue weighted by Gasteiger charge is 2.48. The minimum atomic E-state index is -1.81. The van der Waals surface area contributed by atoms with Crippen molar-refractivity contribution in [1.29, 1.82) is 0 Å². The van der Waals surface area contributed by atoms with Crippen LogP contribution in [0, 0.1) is 0 Å². The average Bonchev–Trinajstić information content (AvgIpc) is 2.52. The number of hydrogen-bond donors (Lipinski definition) is 1. The highest BCUT2D eigenvalue weighted by molar-refractivity contribution is 6.20. The van der Waals surface area contributed by atoms with Crippen LogP contribution in [0.1, 0.15) is 29.3 Å². The maximum absolute atomic E-state index is 11.8. The quantitative estimate of drug-likeness (QED) is 0.735. The summed E-state index contributed by atoms with van der Waals surface area (Å²) >= 11 is 0. The van der Waals surface area contributed by atoms with Gasteiger partial charge in [0.15, 0.2) is 11.4 Å². The smallest absolute Gasteiger partial charge is 0.202 e. The van der Waals surface area contributed by atoms with E-state index in [0.717, 1.165) is 5.56 Å². The summed E-state index contributed by atoms with van der Waals surface area (Å²) in [6.07, 6.45) is 0.297. The highest BCUT2D eigenvalue weighted by atomic mass is 16.3. The number of carbonyl (C=O) groups is 2. The second-order valence-electron chi connectivity index (χ2n) is 3.80. The van der Waals surface area contributed by atoms with E-state index in [1.54, 1.807) is 31.2 Å². The molecule has 3 heteroatoms. The number of hydrogen-bond acceptors (Lipinski definition) is 3. The summed E-state index contributed by atoms with van der Waals surface area (Å²) in [5.41, 5.74) is -0.577. The summed E-state index contributed by atoms with van der Waals surface area (Å²) in [5, 5.41) is 10.1. The zero-order valence-electron chi connectivity index (χ0n) is 8.49. The minimum absolute atomic E-state index is 0.120. The Hall–Kier alpha value is -1.48. The fraction of sp³-hybridized carbons (Fsp3) is 0.333. The van der Waals surface area contributed by atoms with E-state index in [1.807, 2.05) is 0 Å². The van der Waals surface area contributed by atoms with Gasteiger partial charge in [0.25, 0.3) is 0 Å². The van der Waals surface area contributed by atoms with E-state index >= 15 is 0 Å². The number of rotatable bonds is 2. The van der Waals surface area contributed by atoms with Gasteiger partial charge in [0, 0.05) is 18.4 Å². The summed E-state index contributed by atoms with van der Waals surface area (Å²) in [6.45, 7) is 1.65. The van der Waals surface area contributed by atoms with E-state index in [4.69, 9.17) is 0 Å². The van der Waals surface area contributed by atoms with Crippen LogP contribution >= 0.6 is 0 Å². The van der Waals surface area contributed by atoms with Gasteiger partial charge in [-0.05, 0) is 5.56 Å². The number of Topliss-reactive ketones (excluding diaryl/α,β-unsaturated/α-hetero) is 2. The summed E-state index contributed by atoms with van der Waals surface area (Å²) in [4.78, 5) is 23.4. The summed E-state index contributed by atoms with van der Waals surface area (Å²) < 4.78 is 0. The van der Waals surface area contributed by atoms with Gasteiger partial charge in [0.2, 0.25) is 5.78 Å². The molecule has 0 unspecified atom stereocenters. The van der Waals surface area contributed by atoms with Crippen LogP contribution in [0.3, 0.4) is 0 Å². The van der Waals surface area contributed by atoms with Crippen molar-refractivity contribution < 1.29 is 14.7 Å². The molecule has 0 bridgehead atoms. The number of ketones is 2. The van der Waals surface area contributed by atoms with Crippen LogP contribution in [0.2, 0.25) is 0 Å². The van der Waals surface area contributed by atoms with Gasteiger partial charge in [0.05, 0.1) is 0 Å². The zero-order chi connectivity index (χ0) is 11.1. The van der Waals surface area contributed by atoms with Crippen LogP contribution in [0.4, 0.5) is 0 Å². The lowest BCUT2D eigenvalue weighted by Gasteiger charge is -2.17. The molecule has 0 aliphatic heterocycles. The third-order valence-corrected chi connectivity index (χ3v) is 2.87. The molecule has 0 saturated carbocycles. The van der Waals surface area contributed by atoms with E-state index in [-0.39, 0.29) is 12.8 Å². The Bertz CT molecular complexity index is 436. The van der Waals surface area contributed by atoms with E-state index in [1.165, 1.54) is 0 Å². The first kappa shape index (κ1) is 10.1. The topological polar surface area (TPSA) is 54.4 Å². The number of fused-ring (bicyclic) bond motifs is 1. The molecule has 0 heterocycles. The van der Waals surface area contributed by atoms with Crippen LogP contribution in [-0.2, 0) is 11.2 Å². The molecule has 78 valence electrons. The number of benzene rings is 1. The van der Waals surface area contributed by atoms with Crippen LogP contribution in [0.5, 0.6) is 0 Å². The van der Waals surface area contributed by atoms with Crippen molar-refractivity contribution in [2.24, 2.45) is 0 Å². The Morgan fingerprint density at radius 2 is 2.13 bits per heavy atom. The molecular weight excluding hydrogens is 192 g/mol. The van der Waals surface area contributed by atoms with Crippen LogP contribution in [0.25, 0.3) is 0 Å². The van der Waals surface area contributed by atoms with Crippen LogP contribution < -0.4 is 0 Å². The summed E-state index contributed by atoms with van der Waals surface area (Å²) in [6, 6.07) is 6.96. The second-order valence-corrected chi connectivity index (χ2v) is 3.80. The molecule has 0 fully saturated rings. The Morgan fingerprint density at radius 3 is 2.73 bits per heavy atom. The van der Waals surface area contributed by atoms with Crippen molar-refractivity contribution in [3.8, 4) is 0 Å². The second kappa shape index (κ2) is 3.28. The molecule has 1 aromatic rings. The van der Waals surface area contributed by atoms with Gasteiger partial charge < -0.3 is 5.11 Å². The Balaban J connectivity index is 2.47. The van der Waals surface area contributed by atoms with Gasteiger partial charge in [-0.3, -0.25) is 9.59 Å². The van der Waals surface area contributed by atoms with Crippen molar-refractivity contribution in [1.82, 2.24) is 0 Å². The molecule has 0 aromatic heterocycles. The van der Waals surface area contributed by atoms with E-state index in [9.17, 15) is 14.7 Å². The first-order valence-electron chi connectivity index (χ1n) is 4.98. The normalized spacial score (nSPS) is 24.0. The molecular formula is C12H12O3. The fourth-order valence-corrected chi connectivity index (χ4v) is 1.99. The molecule has 1 N–H and O–H groups in total. The van der Waals surface area contributed by atoms with E-state index in [0.29, 0.717) is 5.56 Å². The largest absolute Gasteiger partial charge is 0.374 e. The zero-order valence-corrected chi connectivity index (χ0v) is 8.49. The molecule has 0 radical (unpaired) electrons. The SMILES string of the molecule is CCC(=O)[C@]1(O)Cc2ccccc2C1=O. The molecule has 3 nitrogen and oxygen atoms in total. The summed E-state index contributed by atoms with van der Waals surface area (Å²) in [5.74, 6) is -0.853. The lowest BCUT2D eigenvalue weighted by Crippen LogP contribution is -2.44. The minimum Gasteiger partial charge on any atom is -0.374 e. The molecule has 2 rings (SSSR count). The molecule has 0 spiro atoms.